The van der Waals surface area contributed by atoms with Crippen molar-refractivity contribution in [3.63, 3.8) is 0 Å². The Hall–Kier alpha value is -1.16. The van der Waals surface area contributed by atoms with Crippen LogP contribution in [0.5, 0.6) is 0 Å². The maximum atomic E-state index is 4.55. The van der Waals surface area contributed by atoms with Gasteiger partial charge in [-0.3, -0.25) is 4.99 Å². The minimum Gasteiger partial charge on any atom is -0.365 e. The number of amidine groups is 1. The van der Waals surface area contributed by atoms with Crippen molar-refractivity contribution < 1.29 is 0 Å². The van der Waals surface area contributed by atoms with Crippen LogP contribution in [-0.2, 0) is 0 Å². The molecule has 0 aromatic carbocycles. The molecule has 3 nitrogen and oxygen atoms in total. The first-order valence-corrected chi connectivity index (χ1v) is 5.15. The topological polar surface area (TPSA) is 37.3 Å². The van der Waals surface area contributed by atoms with Gasteiger partial charge in [-0.15, -0.1) is 11.3 Å². The maximum absolute atomic E-state index is 4.55. The van der Waals surface area contributed by atoms with Gasteiger partial charge in [-0.1, -0.05) is 6.08 Å². The Kier molecular flexibility index (Phi) is 1.35. The molecule has 0 radical (unpaired) electrons. The van der Waals surface area contributed by atoms with Crippen LogP contribution in [0.2, 0.25) is 0 Å². The second-order valence-electron chi connectivity index (χ2n) is 3.29. The third kappa shape index (κ3) is 0.951. The van der Waals surface area contributed by atoms with Crippen molar-refractivity contribution in [3.05, 3.63) is 22.2 Å². The zero-order valence-corrected chi connectivity index (χ0v) is 8.01. The molecule has 66 valence electrons. The molecule has 0 amide bonds. The lowest BCUT2D eigenvalue weighted by molar-refractivity contribution is 0.641. The summed E-state index contributed by atoms with van der Waals surface area (Å²) in [6.07, 6.45) is 4.22. The molecule has 0 saturated carbocycles. The van der Waals surface area contributed by atoms with Gasteiger partial charge in [0.05, 0.1) is 28.0 Å². The highest BCUT2D eigenvalue weighted by Gasteiger charge is 2.31. The lowest BCUT2D eigenvalue weighted by atomic mass is 10.0. The Bertz CT molecular complexity index is 405. The lowest BCUT2D eigenvalue weighted by Crippen LogP contribution is -2.29. The number of aromatic nitrogens is 1. The molecule has 2 heterocycles. The van der Waals surface area contributed by atoms with Gasteiger partial charge < -0.3 is 5.32 Å². The number of thiazole rings is 1. The predicted octanol–water partition coefficient (Wildman–Crippen LogP) is 1.60. The van der Waals surface area contributed by atoms with Crippen LogP contribution < -0.4 is 5.32 Å². The zero-order chi connectivity index (χ0) is 8.84. The highest BCUT2D eigenvalue weighted by molar-refractivity contribution is 7.10. The fourth-order valence-electron chi connectivity index (χ4n) is 1.83. The SMILES string of the molecule is CC1=NC2c3scnc3C=CC2N1. The summed E-state index contributed by atoms with van der Waals surface area (Å²) in [6.45, 7) is 2.01. The van der Waals surface area contributed by atoms with Crippen LogP contribution in [0.3, 0.4) is 0 Å². The first-order chi connectivity index (χ1) is 6.34. The van der Waals surface area contributed by atoms with E-state index in [4.69, 9.17) is 0 Å². The minimum absolute atomic E-state index is 0.271. The molecule has 1 aliphatic carbocycles. The molecular formula is C9H9N3S. The van der Waals surface area contributed by atoms with Crippen molar-refractivity contribution in [2.24, 2.45) is 4.99 Å². The maximum Gasteiger partial charge on any atom is 0.112 e. The average Bonchev–Trinajstić information content (AvgIpc) is 2.65. The van der Waals surface area contributed by atoms with E-state index in [0.29, 0.717) is 6.04 Å². The van der Waals surface area contributed by atoms with Crippen molar-refractivity contribution in [1.29, 1.82) is 0 Å². The second-order valence-corrected chi connectivity index (χ2v) is 4.18. The summed E-state index contributed by atoms with van der Waals surface area (Å²) in [5.41, 5.74) is 2.98. The van der Waals surface area contributed by atoms with Gasteiger partial charge >= 0.3 is 0 Å². The Morgan fingerprint density at radius 3 is 3.38 bits per heavy atom. The van der Waals surface area contributed by atoms with Crippen LogP contribution in [0.25, 0.3) is 6.08 Å². The van der Waals surface area contributed by atoms with E-state index in [9.17, 15) is 0 Å². The van der Waals surface area contributed by atoms with E-state index >= 15 is 0 Å². The van der Waals surface area contributed by atoms with Gasteiger partial charge in [0.25, 0.3) is 0 Å². The molecule has 2 aliphatic rings. The molecule has 2 atom stereocenters. The third-order valence-corrected chi connectivity index (χ3v) is 3.32. The van der Waals surface area contributed by atoms with Gasteiger partial charge in [0.1, 0.15) is 6.04 Å². The first kappa shape index (κ1) is 7.26. The summed E-state index contributed by atoms with van der Waals surface area (Å²) in [6, 6.07) is 0.625. The van der Waals surface area contributed by atoms with Gasteiger partial charge in [-0.2, -0.15) is 0 Å². The number of hydrogen-bond donors (Lipinski definition) is 1. The smallest absolute Gasteiger partial charge is 0.112 e. The monoisotopic (exact) mass is 191 g/mol. The summed E-state index contributed by atoms with van der Waals surface area (Å²) in [4.78, 5) is 10.1. The molecule has 0 saturated heterocycles. The van der Waals surface area contributed by atoms with Crippen molar-refractivity contribution in [3.8, 4) is 0 Å². The summed E-state index contributed by atoms with van der Waals surface area (Å²) < 4.78 is 0. The number of nitrogens with zero attached hydrogens (tertiary/aromatic N) is 2. The third-order valence-electron chi connectivity index (χ3n) is 2.40. The van der Waals surface area contributed by atoms with Gasteiger partial charge in [0.15, 0.2) is 0 Å². The molecular weight excluding hydrogens is 182 g/mol. The Balaban J connectivity index is 2.13. The van der Waals surface area contributed by atoms with E-state index in [2.05, 4.69) is 27.4 Å². The molecule has 1 aliphatic heterocycles. The number of fused-ring (bicyclic) bond motifs is 3. The highest BCUT2D eigenvalue weighted by Crippen LogP contribution is 2.35. The molecule has 1 aromatic heterocycles. The van der Waals surface area contributed by atoms with Crippen LogP contribution in [0, 0.1) is 0 Å². The number of hydrogen-bond acceptors (Lipinski definition) is 4. The van der Waals surface area contributed by atoms with Crippen LogP contribution in [0.4, 0.5) is 0 Å². The molecule has 13 heavy (non-hydrogen) atoms. The zero-order valence-electron chi connectivity index (χ0n) is 7.19. The predicted molar refractivity (Wildman–Crippen MR) is 53.9 cm³/mol. The van der Waals surface area contributed by atoms with E-state index in [1.807, 2.05) is 12.4 Å². The molecule has 1 aromatic rings. The summed E-state index contributed by atoms with van der Waals surface area (Å²) in [5.74, 6) is 1.03. The van der Waals surface area contributed by atoms with Crippen LogP contribution in [0.15, 0.2) is 16.6 Å². The van der Waals surface area contributed by atoms with Crippen molar-refractivity contribution in [1.82, 2.24) is 10.3 Å². The van der Waals surface area contributed by atoms with E-state index < -0.39 is 0 Å². The van der Waals surface area contributed by atoms with E-state index in [-0.39, 0.29) is 6.04 Å². The van der Waals surface area contributed by atoms with E-state index in [1.165, 1.54) is 4.88 Å². The quantitative estimate of drug-likeness (QED) is 0.676. The fraction of sp³-hybridized carbons (Fsp3) is 0.333. The average molecular weight is 191 g/mol. The standard InChI is InChI=1S/C9H9N3S/c1-5-11-6-2-3-7-9(8(6)12-5)13-4-10-7/h2-4,6,8H,1H3,(H,11,12). The largest absolute Gasteiger partial charge is 0.365 e. The Morgan fingerprint density at radius 1 is 1.54 bits per heavy atom. The molecule has 2 unspecified atom stereocenters. The van der Waals surface area contributed by atoms with E-state index in [0.717, 1.165) is 11.5 Å². The second kappa shape index (κ2) is 2.42. The molecule has 1 N–H and O–H groups in total. The Morgan fingerprint density at radius 2 is 2.46 bits per heavy atom. The lowest BCUT2D eigenvalue weighted by Gasteiger charge is -2.17. The normalized spacial score (nSPS) is 29.2. The van der Waals surface area contributed by atoms with Gasteiger partial charge in [-0.25, -0.2) is 4.98 Å². The summed E-state index contributed by atoms with van der Waals surface area (Å²) in [7, 11) is 0. The number of nitrogens with one attached hydrogen (secondary N) is 1. The van der Waals surface area contributed by atoms with Gasteiger partial charge in [-0.05, 0) is 13.0 Å². The molecule has 0 spiro atoms. The molecule has 4 heteroatoms. The van der Waals surface area contributed by atoms with Crippen molar-refractivity contribution >= 4 is 23.2 Å². The van der Waals surface area contributed by atoms with Crippen LogP contribution in [-0.4, -0.2) is 16.9 Å². The number of rotatable bonds is 0. The fourth-order valence-corrected chi connectivity index (χ4v) is 2.69. The number of aliphatic imine (C=N–C) groups is 1. The first-order valence-electron chi connectivity index (χ1n) is 4.27. The van der Waals surface area contributed by atoms with Crippen LogP contribution in [0.1, 0.15) is 23.5 Å². The van der Waals surface area contributed by atoms with E-state index in [1.54, 1.807) is 11.3 Å². The van der Waals surface area contributed by atoms with Gasteiger partial charge in [0, 0.05) is 0 Å². The van der Waals surface area contributed by atoms with Crippen molar-refractivity contribution in [2.75, 3.05) is 0 Å². The van der Waals surface area contributed by atoms with Gasteiger partial charge in [0.2, 0.25) is 0 Å². The Labute approximate surface area is 80.2 Å². The minimum atomic E-state index is 0.271. The summed E-state index contributed by atoms with van der Waals surface area (Å²) in [5, 5.41) is 3.33. The molecule has 0 fully saturated rings. The van der Waals surface area contributed by atoms with Crippen LogP contribution >= 0.6 is 11.3 Å². The highest BCUT2D eigenvalue weighted by atomic mass is 32.1. The molecule has 3 rings (SSSR count). The van der Waals surface area contributed by atoms with Crippen molar-refractivity contribution in [2.45, 2.75) is 19.0 Å². The molecule has 0 bridgehead atoms. The summed E-state index contributed by atoms with van der Waals surface area (Å²) >= 11 is 1.69.